The van der Waals surface area contributed by atoms with E-state index in [1.807, 2.05) is 58.1 Å². The summed E-state index contributed by atoms with van der Waals surface area (Å²) in [5, 5.41) is 4.53. The Hall–Kier alpha value is -3.61. The summed E-state index contributed by atoms with van der Waals surface area (Å²) in [6.45, 7) is 2.86. The molecule has 2 aliphatic heterocycles. The Morgan fingerprint density at radius 2 is 1.65 bits per heavy atom. The van der Waals surface area contributed by atoms with Crippen LogP contribution in [0.5, 0.6) is 5.75 Å². The Morgan fingerprint density at radius 1 is 0.871 bits per heavy atom. The highest BCUT2D eigenvalue weighted by molar-refractivity contribution is 5.92. The largest absolute Gasteiger partial charge is 0.484 e. The number of aromatic nitrogens is 2. The number of carbonyl (C=O) groups is 2. The van der Waals surface area contributed by atoms with Crippen molar-refractivity contribution in [2.24, 2.45) is 0 Å². The van der Waals surface area contributed by atoms with Crippen LogP contribution in [0.15, 0.2) is 60.7 Å². The molecule has 31 heavy (non-hydrogen) atoms. The minimum absolute atomic E-state index is 0.00285. The quantitative estimate of drug-likeness (QED) is 0.656. The monoisotopic (exact) mass is 416 g/mol. The van der Waals surface area contributed by atoms with E-state index in [9.17, 15) is 9.59 Å². The van der Waals surface area contributed by atoms with Gasteiger partial charge in [0.15, 0.2) is 12.3 Å². The first-order valence-electron chi connectivity index (χ1n) is 10.6. The number of hydrogen-bond donors (Lipinski definition) is 0. The molecule has 0 N–H and O–H groups in total. The second kappa shape index (κ2) is 8.26. The molecule has 0 saturated carbocycles. The number of rotatable bonds is 4. The molecule has 0 bridgehead atoms. The van der Waals surface area contributed by atoms with Gasteiger partial charge in [-0.05, 0) is 35.7 Å². The number of benzene rings is 2. The van der Waals surface area contributed by atoms with Crippen LogP contribution in [-0.4, -0.2) is 51.1 Å². The lowest BCUT2D eigenvalue weighted by Crippen LogP contribution is -2.40. The van der Waals surface area contributed by atoms with Crippen molar-refractivity contribution >= 4 is 11.8 Å². The zero-order chi connectivity index (χ0) is 21.2. The number of para-hydroxylation sites is 1. The van der Waals surface area contributed by atoms with E-state index in [4.69, 9.17) is 4.74 Å². The lowest BCUT2D eigenvalue weighted by molar-refractivity contribution is -0.134. The van der Waals surface area contributed by atoms with Crippen LogP contribution in [0.4, 0.5) is 0 Å². The summed E-state index contributed by atoms with van der Waals surface area (Å²) < 4.78 is 7.43. The number of nitrogens with zero attached hydrogens (tertiary/aromatic N) is 4. The first-order chi connectivity index (χ1) is 15.2. The van der Waals surface area contributed by atoms with Crippen LogP contribution in [0.2, 0.25) is 0 Å². The fourth-order valence-corrected chi connectivity index (χ4v) is 4.17. The van der Waals surface area contributed by atoms with Gasteiger partial charge in [-0.3, -0.25) is 14.3 Å². The molecule has 158 valence electrons. The van der Waals surface area contributed by atoms with Crippen molar-refractivity contribution in [2.45, 2.75) is 26.1 Å². The van der Waals surface area contributed by atoms with E-state index in [0.29, 0.717) is 44.2 Å². The second-order valence-corrected chi connectivity index (χ2v) is 7.91. The zero-order valence-corrected chi connectivity index (χ0v) is 17.2. The van der Waals surface area contributed by atoms with Crippen molar-refractivity contribution in [3.63, 3.8) is 0 Å². The molecule has 0 saturated heterocycles. The molecule has 2 amide bonds. The third kappa shape index (κ3) is 4.03. The lowest BCUT2D eigenvalue weighted by atomic mass is 10.00. The summed E-state index contributed by atoms with van der Waals surface area (Å²) >= 11 is 0. The predicted octanol–water partition coefficient (Wildman–Crippen LogP) is 2.50. The van der Waals surface area contributed by atoms with Crippen LogP contribution in [0.3, 0.4) is 0 Å². The topological polar surface area (TPSA) is 67.7 Å². The highest BCUT2D eigenvalue weighted by Crippen LogP contribution is 2.21. The van der Waals surface area contributed by atoms with E-state index < -0.39 is 0 Å². The lowest BCUT2D eigenvalue weighted by Gasteiger charge is -2.28. The third-order valence-corrected chi connectivity index (χ3v) is 5.89. The average Bonchev–Trinajstić information content (AvgIpc) is 3.26. The smallest absolute Gasteiger partial charge is 0.274 e. The van der Waals surface area contributed by atoms with Gasteiger partial charge in [-0.2, -0.15) is 5.10 Å². The summed E-state index contributed by atoms with van der Waals surface area (Å²) in [5.74, 6) is 0.549. The van der Waals surface area contributed by atoms with Crippen LogP contribution < -0.4 is 4.74 Å². The van der Waals surface area contributed by atoms with Crippen molar-refractivity contribution < 1.29 is 14.3 Å². The molecule has 0 radical (unpaired) electrons. The van der Waals surface area contributed by atoms with Crippen molar-refractivity contribution in [1.29, 1.82) is 0 Å². The Morgan fingerprint density at radius 3 is 2.48 bits per heavy atom. The first-order valence-corrected chi connectivity index (χ1v) is 10.6. The van der Waals surface area contributed by atoms with E-state index in [2.05, 4.69) is 17.2 Å². The highest BCUT2D eigenvalue weighted by Gasteiger charge is 2.27. The molecular formula is C24H24N4O3. The molecule has 3 aromatic rings. The van der Waals surface area contributed by atoms with Crippen molar-refractivity contribution in [1.82, 2.24) is 19.6 Å². The summed E-state index contributed by atoms with van der Waals surface area (Å²) in [6.07, 6.45) is 0.860. The number of ether oxygens (including phenoxy) is 1. The third-order valence-electron chi connectivity index (χ3n) is 5.89. The van der Waals surface area contributed by atoms with Crippen LogP contribution >= 0.6 is 0 Å². The van der Waals surface area contributed by atoms with Crippen molar-refractivity contribution in [3.05, 3.63) is 83.2 Å². The van der Waals surface area contributed by atoms with E-state index >= 15 is 0 Å². The maximum absolute atomic E-state index is 13.1. The van der Waals surface area contributed by atoms with Gasteiger partial charge in [0.2, 0.25) is 0 Å². The maximum Gasteiger partial charge on any atom is 0.274 e. The number of fused-ring (bicyclic) bond motifs is 2. The van der Waals surface area contributed by atoms with E-state index in [-0.39, 0.29) is 18.4 Å². The second-order valence-electron chi connectivity index (χ2n) is 7.91. The van der Waals surface area contributed by atoms with Crippen LogP contribution in [0.25, 0.3) is 0 Å². The van der Waals surface area contributed by atoms with Gasteiger partial charge in [-0.1, -0.05) is 42.5 Å². The molecular weight excluding hydrogens is 392 g/mol. The minimum atomic E-state index is -0.0724. The van der Waals surface area contributed by atoms with Crippen LogP contribution in [0.1, 0.15) is 27.3 Å². The Balaban J connectivity index is 1.23. The van der Waals surface area contributed by atoms with Gasteiger partial charge < -0.3 is 14.5 Å². The molecule has 0 fully saturated rings. The van der Waals surface area contributed by atoms with Crippen LogP contribution in [-0.2, 0) is 30.8 Å². The molecule has 0 spiro atoms. The summed E-state index contributed by atoms with van der Waals surface area (Å²) in [6, 6.07) is 19.4. The van der Waals surface area contributed by atoms with Gasteiger partial charge in [-0.15, -0.1) is 0 Å². The van der Waals surface area contributed by atoms with Crippen LogP contribution in [0, 0.1) is 0 Å². The molecule has 2 aromatic carbocycles. The average molecular weight is 416 g/mol. The van der Waals surface area contributed by atoms with Gasteiger partial charge in [-0.25, -0.2) is 0 Å². The van der Waals surface area contributed by atoms with Gasteiger partial charge in [0.25, 0.3) is 11.8 Å². The van der Waals surface area contributed by atoms with Crippen molar-refractivity contribution in [3.8, 4) is 5.75 Å². The molecule has 3 heterocycles. The minimum Gasteiger partial charge on any atom is -0.484 e. The SMILES string of the molecule is O=C(COc1ccccc1)N1CCn2nc(C(=O)N3CCc4ccccc4C3)cc2C1. The van der Waals surface area contributed by atoms with Crippen molar-refractivity contribution in [2.75, 3.05) is 19.7 Å². The van der Waals surface area contributed by atoms with Gasteiger partial charge in [0, 0.05) is 19.6 Å². The molecule has 5 rings (SSSR count). The molecule has 0 atom stereocenters. The predicted molar refractivity (Wildman–Crippen MR) is 114 cm³/mol. The van der Waals surface area contributed by atoms with E-state index in [1.54, 1.807) is 4.90 Å². The number of carbonyl (C=O) groups excluding carboxylic acids is 2. The molecule has 7 nitrogen and oxygen atoms in total. The first kappa shape index (κ1) is 19.4. The molecule has 0 aliphatic carbocycles. The van der Waals surface area contributed by atoms with Gasteiger partial charge in [0.1, 0.15) is 5.75 Å². The fourth-order valence-electron chi connectivity index (χ4n) is 4.17. The highest BCUT2D eigenvalue weighted by atomic mass is 16.5. The van der Waals surface area contributed by atoms with Gasteiger partial charge in [0.05, 0.1) is 18.8 Å². The zero-order valence-electron chi connectivity index (χ0n) is 17.2. The number of hydrogen-bond acceptors (Lipinski definition) is 4. The Labute approximate surface area is 180 Å². The molecule has 0 unspecified atom stereocenters. The standard InChI is InChI=1S/C24H24N4O3/c29-23(17-31-21-8-2-1-3-9-21)26-12-13-28-20(16-26)14-22(25-28)24(30)27-11-10-18-6-4-5-7-19(18)15-27/h1-9,14H,10-13,15-17H2. The Bertz CT molecular complexity index is 1110. The summed E-state index contributed by atoms with van der Waals surface area (Å²) in [5.41, 5.74) is 3.83. The Kier molecular flexibility index (Phi) is 5.16. The van der Waals surface area contributed by atoms with E-state index in [0.717, 1.165) is 12.1 Å². The molecule has 7 heteroatoms. The molecule has 1 aromatic heterocycles. The fraction of sp³-hybridized carbons (Fsp3) is 0.292. The number of amides is 2. The molecule has 2 aliphatic rings. The summed E-state index contributed by atoms with van der Waals surface area (Å²) in [7, 11) is 0. The normalized spacial score (nSPS) is 15.2. The summed E-state index contributed by atoms with van der Waals surface area (Å²) in [4.78, 5) is 29.2. The van der Waals surface area contributed by atoms with E-state index in [1.165, 1.54) is 11.1 Å². The maximum atomic E-state index is 13.1. The van der Waals surface area contributed by atoms with Gasteiger partial charge >= 0.3 is 0 Å².